The van der Waals surface area contributed by atoms with E-state index < -0.39 is 10.0 Å². The standard InChI is InChI=1S/C16H25N3O2S/c1-12(2)19(13(3)4)22(20,21)15-9-10-16(17-11-15)18-14-7-5-6-8-14/h5-6,9-14H,7-8H2,1-4H3,(H,17,18). The van der Waals surface area contributed by atoms with Crippen molar-refractivity contribution in [3.05, 3.63) is 30.5 Å². The Balaban J connectivity index is 2.17. The number of rotatable bonds is 6. The molecule has 5 nitrogen and oxygen atoms in total. The number of aromatic nitrogens is 1. The lowest BCUT2D eigenvalue weighted by atomic mass is 10.2. The van der Waals surface area contributed by atoms with Crippen LogP contribution in [0.5, 0.6) is 0 Å². The van der Waals surface area contributed by atoms with E-state index in [1.807, 2.05) is 27.7 Å². The van der Waals surface area contributed by atoms with Crippen LogP contribution in [0.3, 0.4) is 0 Å². The molecule has 0 fully saturated rings. The average molecular weight is 323 g/mol. The minimum atomic E-state index is -3.51. The average Bonchev–Trinajstić information content (AvgIpc) is 2.90. The third-order valence-corrected chi connectivity index (χ3v) is 5.93. The molecule has 0 aliphatic heterocycles. The Hall–Kier alpha value is -1.40. The summed E-state index contributed by atoms with van der Waals surface area (Å²) in [6.45, 7) is 7.53. The Morgan fingerprint density at radius 2 is 1.73 bits per heavy atom. The first-order valence-electron chi connectivity index (χ1n) is 7.73. The molecule has 0 atom stereocenters. The number of nitrogens with zero attached hydrogens (tertiary/aromatic N) is 2. The Bertz CT molecular complexity index is 605. The van der Waals surface area contributed by atoms with Gasteiger partial charge in [-0.1, -0.05) is 12.2 Å². The molecule has 0 unspecified atom stereocenters. The maximum absolute atomic E-state index is 12.7. The minimum absolute atomic E-state index is 0.0904. The Morgan fingerprint density at radius 3 is 2.18 bits per heavy atom. The molecule has 22 heavy (non-hydrogen) atoms. The van der Waals surface area contributed by atoms with Crippen molar-refractivity contribution in [2.45, 2.75) is 63.6 Å². The van der Waals surface area contributed by atoms with Crippen LogP contribution in [0.25, 0.3) is 0 Å². The van der Waals surface area contributed by atoms with Crippen molar-refractivity contribution in [3.8, 4) is 0 Å². The summed E-state index contributed by atoms with van der Waals surface area (Å²) in [5, 5.41) is 3.31. The van der Waals surface area contributed by atoms with Crippen LogP contribution in [0.2, 0.25) is 0 Å². The lowest BCUT2D eigenvalue weighted by Gasteiger charge is -2.29. The van der Waals surface area contributed by atoms with Gasteiger partial charge in [0.1, 0.15) is 10.7 Å². The van der Waals surface area contributed by atoms with Crippen molar-refractivity contribution in [1.29, 1.82) is 0 Å². The fourth-order valence-corrected chi connectivity index (χ4v) is 4.62. The predicted molar refractivity (Wildman–Crippen MR) is 89.3 cm³/mol. The van der Waals surface area contributed by atoms with Gasteiger partial charge in [-0.15, -0.1) is 0 Å². The van der Waals surface area contributed by atoms with Gasteiger partial charge in [-0.3, -0.25) is 0 Å². The molecule has 1 N–H and O–H groups in total. The molecule has 2 rings (SSSR count). The minimum Gasteiger partial charge on any atom is -0.367 e. The normalized spacial score (nSPS) is 16.1. The zero-order valence-corrected chi connectivity index (χ0v) is 14.5. The molecule has 1 aliphatic carbocycles. The van der Waals surface area contributed by atoms with Gasteiger partial charge in [0.2, 0.25) is 10.0 Å². The van der Waals surface area contributed by atoms with Crippen LogP contribution >= 0.6 is 0 Å². The lowest BCUT2D eigenvalue weighted by Crippen LogP contribution is -2.41. The van der Waals surface area contributed by atoms with E-state index in [0.717, 1.165) is 12.8 Å². The summed E-state index contributed by atoms with van der Waals surface area (Å²) in [4.78, 5) is 4.51. The van der Waals surface area contributed by atoms with Crippen molar-refractivity contribution < 1.29 is 8.42 Å². The SMILES string of the molecule is CC(C)N(C(C)C)S(=O)(=O)c1ccc(NC2CC=CC2)nc1. The first-order valence-corrected chi connectivity index (χ1v) is 9.17. The third-order valence-electron chi connectivity index (χ3n) is 3.69. The molecule has 0 radical (unpaired) electrons. The molecule has 0 saturated heterocycles. The maximum atomic E-state index is 12.7. The molecule has 6 heteroatoms. The van der Waals surface area contributed by atoms with Gasteiger partial charge < -0.3 is 5.32 Å². The maximum Gasteiger partial charge on any atom is 0.245 e. The fraction of sp³-hybridized carbons (Fsp3) is 0.562. The second-order valence-electron chi connectivity index (χ2n) is 6.19. The summed E-state index contributed by atoms with van der Waals surface area (Å²) < 4.78 is 27.0. The van der Waals surface area contributed by atoms with Crippen molar-refractivity contribution in [2.75, 3.05) is 5.32 Å². The van der Waals surface area contributed by atoms with E-state index in [-0.39, 0.29) is 17.0 Å². The molecule has 1 aliphatic rings. The quantitative estimate of drug-likeness (QED) is 0.818. The van der Waals surface area contributed by atoms with E-state index in [1.165, 1.54) is 10.5 Å². The van der Waals surface area contributed by atoms with Gasteiger partial charge in [0.15, 0.2) is 0 Å². The number of hydrogen-bond donors (Lipinski definition) is 1. The summed E-state index contributed by atoms with van der Waals surface area (Å²) in [5.74, 6) is 0.716. The summed E-state index contributed by atoms with van der Waals surface area (Å²) >= 11 is 0. The van der Waals surface area contributed by atoms with Crippen LogP contribution in [0, 0.1) is 0 Å². The molecule has 1 aromatic heterocycles. The van der Waals surface area contributed by atoms with E-state index in [1.54, 1.807) is 12.1 Å². The highest BCUT2D eigenvalue weighted by Crippen LogP contribution is 2.22. The monoisotopic (exact) mass is 323 g/mol. The van der Waals surface area contributed by atoms with Gasteiger partial charge >= 0.3 is 0 Å². The van der Waals surface area contributed by atoms with Gasteiger partial charge in [0.05, 0.1) is 0 Å². The Labute approximate surface area is 133 Å². The van der Waals surface area contributed by atoms with Crippen molar-refractivity contribution in [1.82, 2.24) is 9.29 Å². The van der Waals surface area contributed by atoms with Crippen LogP contribution in [0.1, 0.15) is 40.5 Å². The summed E-state index contributed by atoms with van der Waals surface area (Å²) in [6, 6.07) is 3.55. The lowest BCUT2D eigenvalue weighted by molar-refractivity contribution is 0.302. The molecular weight excluding hydrogens is 298 g/mol. The highest BCUT2D eigenvalue weighted by atomic mass is 32.2. The largest absolute Gasteiger partial charge is 0.367 e. The van der Waals surface area contributed by atoms with Gasteiger partial charge in [-0.05, 0) is 52.7 Å². The number of hydrogen-bond acceptors (Lipinski definition) is 4. The summed E-state index contributed by atoms with van der Waals surface area (Å²) in [5.41, 5.74) is 0. The first kappa shape index (κ1) is 17.0. The van der Waals surface area contributed by atoms with Crippen molar-refractivity contribution in [2.24, 2.45) is 0 Å². The van der Waals surface area contributed by atoms with E-state index in [4.69, 9.17) is 0 Å². The molecule has 1 heterocycles. The summed E-state index contributed by atoms with van der Waals surface area (Å²) in [6.07, 6.45) is 7.68. The van der Waals surface area contributed by atoms with Crippen LogP contribution in [0.15, 0.2) is 35.4 Å². The molecular formula is C16H25N3O2S. The van der Waals surface area contributed by atoms with Crippen LogP contribution in [0.4, 0.5) is 5.82 Å². The Morgan fingerprint density at radius 1 is 1.14 bits per heavy atom. The molecule has 1 aromatic rings. The van der Waals surface area contributed by atoms with Crippen LogP contribution < -0.4 is 5.32 Å². The van der Waals surface area contributed by atoms with Gasteiger partial charge in [0, 0.05) is 24.3 Å². The second kappa shape index (κ2) is 6.79. The van der Waals surface area contributed by atoms with Gasteiger partial charge in [-0.2, -0.15) is 4.31 Å². The zero-order valence-electron chi connectivity index (χ0n) is 13.7. The third kappa shape index (κ3) is 3.67. The summed E-state index contributed by atoms with van der Waals surface area (Å²) in [7, 11) is -3.51. The topological polar surface area (TPSA) is 62.3 Å². The van der Waals surface area contributed by atoms with Crippen molar-refractivity contribution >= 4 is 15.8 Å². The smallest absolute Gasteiger partial charge is 0.245 e. The van der Waals surface area contributed by atoms with Crippen LogP contribution in [-0.2, 0) is 10.0 Å². The Kier molecular flexibility index (Phi) is 5.24. The molecule has 0 aromatic carbocycles. The molecule has 122 valence electrons. The van der Waals surface area contributed by atoms with Gasteiger partial charge in [0.25, 0.3) is 0 Å². The number of pyridine rings is 1. The molecule has 0 spiro atoms. The van der Waals surface area contributed by atoms with E-state index in [0.29, 0.717) is 11.9 Å². The predicted octanol–water partition coefficient (Wildman–Crippen LogP) is 3.02. The van der Waals surface area contributed by atoms with E-state index >= 15 is 0 Å². The van der Waals surface area contributed by atoms with Crippen LogP contribution in [-0.4, -0.2) is 35.8 Å². The second-order valence-corrected chi connectivity index (χ2v) is 8.03. The van der Waals surface area contributed by atoms with E-state index in [2.05, 4.69) is 22.5 Å². The number of anilines is 1. The number of nitrogens with one attached hydrogen (secondary N) is 1. The van der Waals surface area contributed by atoms with Crippen molar-refractivity contribution in [3.63, 3.8) is 0 Å². The first-order chi connectivity index (χ1) is 10.3. The highest BCUT2D eigenvalue weighted by Gasteiger charge is 2.29. The number of sulfonamides is 1. The zero-order chi connectivity index (χ0) is 16.3. The highest BCUT2D eigenvalue weighted by molar-refractivity contribution is 7.89. The molecule has 0 amide bonds. The molecule has 0 saturated carbocycles. The fourth-order valence-electron chi connectivity index (χ4n) is 2.84. The molecule has 0 bridgehead atoms. The van der Waals surface area contributed by atoms with Gasteiger partial charge in [-0.25, -0.2) is 13.4 Å². The van der Waals surface area contributed by atoms with E-state index in [9.17, 15) is 8.42 Å².